The Balaban J connectivity index is 2.03. The first-order valence-corrected chi connectivity index (χ1v) is 7.40. The van der Waals surface area contributed by atoms with E-state index >= 15 is 0 Å². The van der Waals surface area contributed by atoms with E-state index in [4.69, 9.17) is 11.1 Å². The van der Waals surface area contributed by atoms with Crippen molar-refractivity contribution in [2.45, 2.75) is 11.9 Å². The fraction of sp³-hybridized carbons (Fsp3) is 0.600. The molecule has 0 atom stereocenters. The van der Waals surface area contributed by atoms with E-state index in [0.717, 1.165) is 0 Å². The Labute approximate surface area is 112 Å². The van der Waals surface area contributed by atoms with E-state index in [-0.39, 0.29) is 10.9 Å². The predicted octanol–water partition coefficient (Wildman–Crippen LogP) is -1.04. The van der Waals surface area contributed by atoms with Gasteiger partial charge in [-0.1, -0.05) is 0 Å². The van der Waals surface area contributed by atoms with Gasteiger partial charge in [0, 0.05) is 26.2 Å². The monoisotopic (exact) mass is 286 g/mol. The highest BCUT2D eigenvalue weighted by Crippen LogP contribution is 2.15. The van der Waals surface area contributed by atoms with E-state index in [1.54, 1.807) is 6.92 Å². The largest absolute Gasteiger partial charge is 0.387 e. The number of hydrogen-bond donors (Lipinski definition) is 3. The van der Waals surface area contributed by atoms with Crippen LogP contribution in [-0.2, 0) is 10.0 Å². The number of piperazine rings is 1. The molecule has 0 radical (unpaired) electrons. The Morgan fingerprint density at radius 3 is 2.58 bits per heavy atom. The van der Waals surface area contributed by atoms with E-state index in [1.807, 2.05) is 4.90 Å². The van der Waals surface area contributed by atoms with Crippen molar-refractivity contribution >= 4 is 15.9 Å². The summed E-state index contributed by atoms with van der Waals surface area (Å²) in [4.78, 5) is 8.63. The van der Waals surface area contributed by atoms with Crippen molar-refractivity contribution in [3.8, 4) is 0 Å². The number of rotatable bonds is 4. The molecule has 1 aromatic heterocycles. The maximum atomic E-state index is 12.3. The first-order valence-electron chi connectivity index (χ1n) is 5.96. The van der Waals surface area contributed by atoms with Crippen LogP contribution in [0.25, 0.3) is 0 Å². The normalized spacial score (nSPS) is 18.6. The van der Waals surface area contributed by atoms with Crippen LogP contribution >= 0.6 is 0 Å². The highest BCUT2D eigenvalue weighted by molar-refractivity contribution is 7.89. The van der Waals surface area contributed by atoms with Crippen molar-refractivity contribution in [3.63, 3.8) is 0 Å². The van der Waals surface area contributed by atoms with Gasteiger partial charge in [-0.15, -0.1) is 0 Å². The van der Waals surface area contributed by atoms with Gasteiger partial charge in [-0.3, -0.25) is 10.3 Å². The SMILES string of the molecule is Cc1ncc(S(=O)(=O)N2CCN(CC(=N)N)CC2)[nH]1. The summed E-state index contributed by atoms with van der Waals surface area (Å²) in [5, 5.41) is 7.36. The molecule has 0 aliphatic carbocycles. The molecule has 8 nitrogen and oxygen atoms in total. The highest BCUT2D eigenvalue weighted by Gasteiger charge is 2.29. The molecular formula is C10H18N6O2S. The molecular weight excluding hydrogens is 268 g/mol. The van der Waals surface area contributed by atoms with E-state index < -0.39 is 10.0 Å². The van der Waals surface area contributed by atoms with Crippen molar-refractivity contribution in [1.29, 1.82) is 5.41 Å². The second-order valence-corrected chi connectivity index (χ2v) is 6.44. The average molecular weight is 286 g/mol. The number of H-pyrrole nitrogens is 1. The molecule has 106 valence electrons. The molecule has 1 aliphatic rings. The molecule has 0 spiro atoms. The number of aromatic nitrogens is 2. The van der Waals surface area contributed by atoms with Gasteiger partial charge in [0.05, 0.1) is 12.7 Å². The molecule has 1 fully saturated rings. The Morgan fingerprint density at radius 2 is 2.11 bits per heavy atom. The molecule has 19 heavy (non-hydrogen) atoms. The first-order chi connectivity index (χ1) is 8.89. The number of aromatic amines is 1. The summed E-state index contributed by atoms with van der Waals surface area (Å²) in [7, 11) is -3.49. The lowest BCUT2D eigenvalue weighted by Gasteiger charge is -2.33. The molecule has 2 rings (SSSR count). The number of imidazole rings is 1. The smallest absolute Gasteiger partial charge is 0.260 e. The second-order valence-electron chi connectivity index (χ2n) is 4.54. The average Bonchev–Trinajstić information content (AvgIpc) is 2.76. The van der Waals surface area contributed by atoms with Gasteiger partial charge in [-0.2, -0.15) is 4.31 Å². The number of nitrogens with one attached hydrogen (secondary N) is 2. The van der Waals surface area contributed by atoms with Gasteiger partial charge in [0.1, 0.15) is 11.7 Å². The van der Waals surface area contributed by atoms with Crippen LogP contribution in [0.15, 0.2) is 11.2 Å². The zero-order chi connectivity index (χ0) is 14.0. The van der Waals surface area contributed by atoms with Gasteiger partial charge in [0.2, 0.25) is 0 Å². The van der Waals surface area contributed by atoms with Gasteiger partial charge in [-0.05, 0) is 6.92 Å². The van der Waals surface area contributed by atoms with Gasteiger partial charge in [0.25, 0.3) is 10.0 Å². The number of hydrogen-bond acceptors (Lipinski definition) is 5. The van der Waals surface area contributed by atoms with E-state index in [1.165, 1.54) is 10.5 Å². The summed E-state index contributed by atoms with van der Waals surface area (Å²) in [5.41, 5.74) is 5.33. The fourth-order valence-corrected chi connectivity index (χ4v) is 3.42. The predicted molar refractivity (Wildman–Crippen MR) is 70.4 cm³/mol. The summed E-state index contributed by atoms with van der Waals surface area (Å²) < 4.78 is 26.0. The third-order valence-electron chi connectivity index (χ3n) is 3.02. The van der Waals surface area contributed by atoms with E-state index in [9.17, 15) is 8.42 Å². The second kappa shape index (κ2) is 5.27. The minimum Gasteiger partial charge on any atom is -0.387 e. The number of aryl methyl sites for hydroxylation is 1. The molecule has 1 aliphatic heterocycles. The zero-order valence-corrected chi connectivity index (χ0v) is 11.6. The Bertz CT molecular complexity index is 558. The fourth-order valence-electron chi connectivity index (χ4n) is 2.04. The van der Waals surface area contributed by atoms with Crippen LogP contribution in [0, 0.1) is 12.3 Å². The number of nitrogens with zero attached hydrogens (tertiary/aromatic N) is 3. The van der Waals surface area contributed by atoms with Gasteiger partial charge in [0.15, 0.2) is 5.03 Å². The maximum absolute atomic E-state index is 12.3. The third kappa shape index (κ3) is 3.11. The van der Waals surface area contributed by atoms with Crippen LogP contribution in [0.1, 0.15) is 5.82 Å². The standard InChI is InChI=1S/C10H18N6O2S/c1-8-13-6-10(14-8)19(17,18)16-4-2-15(3-5-16)7-9(11)12/h6H,2-5,7H2,1H3,(H3,11,12)(H,13,14). The lowest BCUT2D eigenvalue weighted by Crippen LogP contribution is -2.50. The minimum absolute atomic E-state index is 0.0977. The molecule has 0 bridgehead atoms. The molecule has 4 N–H and O–H groups in total. The van der Waals surface area contributed by atoms with Gasteiger partial charge in [-0.25, -0.2) is 13.4 Å². The van der Waals surface area contributed by atoms with Crippen molar-refractivity contribution in [1.82, 2.24) is 19.2 Å². The van der Waals surface area contributed by atoms with Crippen LogP contribution in [0.2, 0.25) is 0 Å². The Kier molecular flexibility index (Phi) is 3.88. The lowest BCUT2D eigenvalue weighted by molar-refractivity contribution is 0.208. The highest BCUT2D eigenvalue weighted by atomic mass is 32.2. The third-order valence-corrected chi connectivity index (χ3v) is 4.83. The van der Waals surface area contributed by atoms with Crippen LogP contribution in [0.5, 0.6) is 0 Å². The van der Waals surface area contributed by atoms with Crippen LogP contribution in [0.3, 0.4) is 0 Å². The van der Waals surface area contributed by atoms with Crippen LogP contribution in [0.4, 0.5) is 0 Å². The van der Waals surface area contributed by atoms with Crippen molar-refractivity contribution in [2.75, 3.05) is 32.7 Å². The maximum Gasteiger partial charge on any atom is 0.260 e. The summed E-state index contributed by atoms with van der Waals surface area (Å²) in [5.74, 6) is 0.675. The molecule has 1 aromatic rings. The molecule has 0 unspecified atom stereocenters. The van der Waals surface area contributed by atoms with Crippen LogP contribution < -0.4 is 5.73 Å². The lowest BCUT2D eigenvalue weighted by atomic mass is 10.3. The van der Waals surface area contributed by atoms with E-state index in [0.29, 0.717) is 38.5 Å². The van der Waals surface area contributed by atoms with Crippen molar-refractivity contribution < 1.29 is 8.42 Å². The first kappa shape index (κ1) is 14.0. The molecule has 0 saturated carbocycles. The summed E-state index contributed by atoms with van der Waals surface area (Å²) >= 11 is 0. The van der Waals surface area contributed by atoms with Crippen LogP contribution in [-0.4, -0.2) is 66.2 Å². The number of sulfonamides is 1. The molecule has 1 saturated heterocycles. The summed E-state index contributed by atoms with van der Waals surface area (Å²) in [6.45, 7) is 4.04. The van der Waals surface area contributed by atoms with Gasteiger partial charge < -0.3 is 10.7 Å². The zero-order valence-electron chi connectivity index (χ0n) is 10.8. The minimum atomic E-state index is -3.49. The molecule has 0 aromatic carbocycles. The van der Waals surface area contributed by atoms with E-state index in [2.05, 4.69) is 9.97 Å². The number of nitrogens with two attached hydrogens (primary N) is 1. The van der Waals surface area contributed by atoms with Gasteiger partial charge >= 0.3 is 0 Å². The molecule has 0 amide bonds. The molecule has 9 heteroatoms. The van der Waals surface area contributed by atoms with Crippen molar-refractivity contribution in [3.05, 3.63) is 12.0 Å². The number of amidine groups is 1. The summed E-state index contributed by atoms with van der Waals surface area (Å²) in [6.07, 6.45) is 1.34. The topological polar surface area (TPSA) is 119 Å². The van der Waals surface area contributed by atoms with Crippen molar-refractivity contribution in [2.24, 2.45) is 5.73 Å². The molecule has 2 heterocycles. The Hall–Kier alpha value is -1.45. The quantitative estimate of drug-likeness (QED) is 0.482. The summed E-state index contributed by atoms with van der Waals surface area (Å²) in [6, 6.07) is 0. The Morgan fingerprint density at radius 1 is 1.47 bits per heavy atom.